The fraction of sp³-hybridized carbons (Fsp3) is 0.455. The summed E-state index contributed by atoms with van der Waals surface area (Å²) >= 11 is 1.59. The minimum Gasteiger partial charge on any atom is -0.443 e. The van der Waals surface area contributed by atoms with Crippen molar-refractivity contribution < 1.29 is 9.53 Å². The number of nitrogens with zero attached hydrogens (tertiary/aromatic N) is 1. The molecule has 1 amide bonds. The number of thiophene rings is 1. The van der Waals surface area contributed by atoms with E-state index in [1.165, 1.54) is 0 Å². The number of hydrogen-bond donors (Lipinski definition) is 1. The predicted octanol–water partition coefficient (Wildman–Crippen LogP) is 3.00. The summed E-state index contributed by atoms with van der Waals surface area (Å²) in [6.45, 7) is 7.26. The summed E-state index contributed by atoms with van der Waals surface area (Å²) < 4.78 is 5.05. The molecule has 0 aliphatic carbocycles. The number of nitrogens with one attached hydrogen (secondary N) is 1. The minimum absolute atomic E-state index is 0.504. The van der Waals surface area contributed by atoms with Crippen molar-refractivity contribution >= 4 is 23.1 Å². The molecule has 0 spiro atoms. The third-order valence-electron chi connectivity index (χ3n) is 1.65. The highest BCUT2D eigenvalue weighted by molar-refractivity contribution is 7.08. The lowest BCUT2D eigenvalue weighted by atomic mass is 10.2. The van der Waals surface area contributed by atoms with E-state index in [0.717, 1.165) is 11.3 Å². The monoisotopic (exact) mass is 240 g/mol. The fourth-order valence-electron chi connectivity index (χ4n) is 0.965. The van der Waals surface area contributed by atoms with Crippen LogP contribution in [0.2, 0.25) is 0 Å². The number of carbonyl (C=O) groups is 1. The molecule has 5 heteroatoms. The molecule has 0 aliphatic heterocycles. The molecule has 16 heavy (non-hydrogen) atoms. The Hall–Kier alpha value is -1.36. The lowest BCUT2D eigenvalue weighted by Gasteiger charge is -2.18. The summed E-state index contributed by atoms with van der Waals surface area (Å²) in [7, 11) is 0. The van der Waals surface area contributed by atoms with Crippen molar-refractivity contribution in [1.82, 2.24) is 5.43 Å². The molecule has 0 saturated heterocycles. The van der Waals surface area contributed by atoms with Crippen molar-refractivity contribution in [3.05, 3.63) is 22.4 Å². The van der Waals surface area contributed by atoms with Gasteiger partial charge >= 0.3 is 6.09 Å². The van der Waals surface area contributed by atoms with Crippen LogP contribution in [-0.4, -0.2) is 17.4 Å². The molecule has 1 heterocycles. The molecule has 88 valence electrons. The van der Waals surface area contributed by atoms with E-state index < -0.39 is 11.7 Å². The van der Waals surface area contributed by atoms with Gasteiger partial charge in [-0.05, 0) is 44.5 Å². The van der Waals surface area contributed by atoms with E-state index in [0.29, 0.717) is 0 Å². The molecular formula is C11H16N2O2S. The standard InChI is InChI=1S/C11H16N2O2S/c1-8(9-5-6-16-7-9)12-13-10(14)15-11(2,3)4/h5-7H,1-4H3,(H,13,14)/b12-8+. The number of amides is 1. The van der Waals surface area contributed by atoms with E-state index in [4.69, 9.17) is 4.74 Å². The van der Waals surface area contributed by atoms with Crippen molar-refractivity contribution in [3.8, 4) is 0 Å². The quantitative estimate of drug-likeness (QED) is 0.638. The number of carbonyl (C=O) groups excluding carboxylic acids is 1. The Labute approximate surface area is 99.3 Å². The zero-order chi connectivity index (χ0) is 12.2. The summed E-state index contributed by atoms with van der Waals surface area (Å²) in [5.74, 6) is 0. The van der Waals surface area contributed by atoms with Crippen LogP contribution in [0, 0.1) is 0 Å². The van der Waals surface area contributed by atoms with Gasteiger partial charge < -0.3 is 4.74 Å². The summed E-state index contributed by atoms with van der Waals surface area (Å²) in [6, 6.07) is 1.94. The molecule has 1 N–H and O–H groups in total. The molecule has 0 atom stereocenters. The normalized spacial score (nSPS) is 12.4. The van der Waals surface area contributed by atoms with E-state index in [1.807, 2.05) is 44.5 Å². The smallest absolute Gasteiger partial charge is 0.428 e. The van der Waals surface area contributed by atoms with Crippen LogP contribution < -0.4 is 5.43 Å². The highest BCUT2D eigenvalue weighted by atomic mass is 32.1. The molecule has 0 unspecified atom stereocenters. The lowest BCUT2D eigenvalue weighted by molar-refractivity contribution is 0.0529. The van der Waals surface area contributed by atoms with Gasteiger partial charge in [-0.3, -0.25) is 0 Å². The van der Waals surface area contributed by atoms with Gasteiger partial charge in [0.15, 0.2) is 0 Å². The Morgan fingerprint density at radius 1 is 1.50 bits per heavy atom. The molecule has 1 rings (SSSR count). The van der Waals surface area contributed by atoms with Crippen LogP contribution in [-0.2, 0) is 4.74 Å². The molecular weight excluding hydrogens is 224 g/mol. The maximum atomic E-state index is 11.3. The fourth-order valence-corrected chi connectivity index (χ4v) is 1.66. The zero-order valence-corrected chi connectivity index (χ0v) is 10.7. The minimum atomic E-state index is -0.540. The lowest BCUT2D eigenvalue weighted by Crippen LogP contribution is -2.30. The topological polar surface area (TPSA) is 50.7 Å². The average molecular weight is 240 g/mol. The summed E-state index contributed by atoms with van der Waals surface area (Å²) in [5.41, 5.74) is 3.61. The third kappa shape index (κ3) is 4.44. The van der Waals surface area contributed by atoms with Crippen molar-refractivity contribution in [2.75, 3.05) is 0 Å². The van der Waals surface area contributed by atoms with E-state index in [1.54, 1.807) is 11.3 Å². The van der Waals surface area contributed by atoms with Crippen LogP contribution in [0.5, 0.6) is 0 Å². The van der Waals surface area contributed by atoms with Crippen molar-refractivity contribution in [3.63, 3.8) is 0 Å². The highest BCUT2D eigenvalue weighted by Crippen LogP contribution is 2.08. The molecule has 0 bridgehead atoms. The van der Waals surface area contributed by atoms with Crippen LogP contribution in [0.1, 0.15) is 33.3 Å². The number of ether oxygens (including phenoxy) is 1. The van der Waals surface area contributed by atoms with Crippen LogP contribution in [0.4, 0.5) is 4.79 Å². The second-order valence-corrected chi connectivity index (χ2v) is 5.10. The number of hydrogen-bond acceptors (Lipinski definition) is 4. The Morgan fingerprint density at radius 2 is 2.19 bits per heavy atom. The number of rotatable bonds is 2. The van der Waals surface area contributed by atoms with Gasteiger partial charge in [-0.2, -0.15) is 16.4 Å². The Bertz CT molecular complexity index is 377. The van der Waals surface area contributed by atoms with Crippen LogP contribution >= 0.6 is 11.3 Å². The molecule has 0 fully saturated rings. The molecule has 1 aromatic heterocycles. The Balaban J connectivity index is 2.51. The zero-order valence-electron chi connectivity index (χ0n) is 9.90. The summed E-state index contributed by atoms with van der Waals surface area (Å²) in [6.07, 6.45) is -0.540. The number of hydrazone groups is 1. The van der Waals surface area contributed by atoms with Gasteiger partial charge in [-0.15, -0.1) is 0 Å². The Morgan fingerprint density at radius 3 is 2.69 bits per heavy atom. The van der Waals surface area contributed by atoms with E-state index >= 15 is 0 Å². The van der Waals surface area contributed by atoms with E-state index in [9.17, 15) is 4.79 Å². The summed E-state index contributed by atoms with van der Waals surface area (Å²) in [4.78, 5) is 11.3. The largest absolute Gasteiger partial charge is 0.443 e. The van der Waals surface area contributed by atoms with Crippen molar-refractivity contribution in [1.29, 1.82) is 0 Å². The molecule has 0 aliphatic rings. The maximum Gasteiger partial charge on any atom is 0.428 e. The molecule has 1 aromatic rings. The summed E-state index contributed by atoms with van der Waals surface area (Å²) in [5, 5.41) is 7.88. The SMILES string of the molecule is C/C(=N\NC(=O)OC(C)(C)C)c1ccsc1. The first kappa shape index (κ1) is 12.7. The molecule has 0 aromatic carbocycles. The van der Waals surface area contributed by atoms with Crippen molar-refractivity contribution in [2.24, 2.45) is 5.10 Å². The molecule has 0 radical (unpaired) electrons. The Kier molecular flexibility index (Phi) is 4.06. The average Bonchev–Trinajstić information content (AvgIpc) is 2.64. The van der Waals surface area contributed by atoms with Gasteiger partial charge in [0.05, 0.1) is 5.71 Å². The predicted molar refractivity (Wildman–Crippen MR) is 65.9 cm³/mol. The van der Waals surface area contributed by atoms with Gasteiger partial charge in [0, 0.05) is 5.56 Å². The first-order valence-electron chi connectivity index (χ1n) is 4.94. The van der Waals surface area contributed by atoms with Gasteiger partial charge in [0.2, 0.25) is 0 Å². The van der Waals surface area contributed by atoms with E-state index in [2.05, 4.69) is 10.5 Å². The molecule has 4 nitrogen and oxygen atoms in total. The van der Waals surface area contributed by atoms with Gasteiger partial charge in [0.1, 0.15) is 5.60 Å². The van der Waals surface area contributed by atoms with Crippen molar-refractivity contribution in [2.45, 2.75) is 33.3 Å². The first-order valence-corrected chi connectivity index (χ1v) is 5.88. The third-order valence-corrected chi connectivity index (χ3v) is 2.34. The molecule has 0 saturated carbocycles. The van der Waals surface area contributed by atoms with Gasteiger partial charge in [-0.1, -0.05) is 0 Å². The maximum absolute atomic E-state index is 11.3. The van der Waals surface area contributed by atoms with Crippen LogP contribution in [0.3, 0.4) is 0 Å². The van der Waals surface area contributed by atoms with Gasteiger partial charge in [0.25, 0.3) is 0 Å². The van der Waals surface area contributed by atoms with E-state index in [-0.39, 0.29) is 0 Å². The second-order valence-electron chi connectivity index (χ2n) is 4.32. The van der Waals surface area contributed by atoms with Crippen LogP contribution in [0.25, 0.3) is 0 Å². The van der Waals surface area contributed by atoms with Gasteiger partial charge in [-0.25, -0.2) is 10.2 Å². The second kappa shape index (κ2) is 5.12. The van der Waals surface area contributed by atoms with Crippen LogP contribution in [0.15, 0.2) is 21.9 Å². The first-order chi connectivity index (χ1) is 7.38. The highest BCUT2D eigenvalue weighted by Gasteiger charge is 2.15.